The van der Waals surface area contributed by atoms with E-state index < -0.39 is 94.5 Å². The third-order valence-corrected chi connectivity index (χ3v) is 10.3. The van der Waals surface area contributed by atoms with Crippen molar-refractivity contribution in [2.45, 2.75) is 122 Å². The van der Waals surface area contributed by atoms with E-state index in [2.05, 4.69) is 36.5 Å². The van der Waals surface area contributed by atoms with Gasteiger partial charge in [-0.15, -0.1) is 29.4 Å². The Bertz CT molecular complexity index is 2450. The zero-order valence-corrected chi connectivity index (χ0v) is 40.4. The van der Waals surface area contributed by atoms with Crippen molar-refractivity contribution in [3.05, 3.63) is 58.0 Å². The van der Waals surface area contributed by atoms with Gasteiger partial charge in [0.05, 0.1) is 24.1 Å². The SMILES string of the molecule is C#C[C@@]1(O)[C@@H](COC(Cc2ccc(NC(=O)NCCCCl)cc2)(C(=O)O)c2cscn2)O[C@@H](n2cnc3c(N(C(=O)OC(C)(C)C)C(=O)OC(C)(C)C)nc(Cl)nc32)[C@@H]1OC(=O)OC(C)(C)C. The van der Waals surface area contributed by atoms with Crippen molar-refractivity contribution in [3.63, 3.8) is 0 Å². The third-order valence-electron chi connectivity index (χ3n) is 9.28. The number of rotatable bonds is 14. The van der Waals surface area contributed by atoms with Gasteiger partial charge in [0.1, 0.15) is 22.9 Å². The molecule has 4 heterocycles. The zero-order chi connectivity index (χ0) is 49.7. The highest BCUT2D eigenvalue weighted by atomic mass is 35.5. The first-order valence-electron chi connectivity index (χ1n) is 20.6. The number of carboxylic acid groups (broad SMARTS) is 1. The number of hydrogen-bond donors (Lipinski definition) is 4. The Morgan fingerprint density at radius 3 is 2.13 bits per heavy atom. The van der Waals surface area contributed by atoms with Crippen LogP contribution < -0.4 is 15.5 Å². The highest BCUT2D eigenvalue weighted by molar-refractivity contribution is 7.07. The Morgan fingerprint density at radius 1 is 0.970 bits per heavy atom. The number of carbonyl (C=O) groups is 5. The molecule has 67 heavy (non-hydrogen) atoms. The van der Waals surface area contributed by atoms with Crippen molar-refractivity contribution in [3.8, 4) is 12.3 Å². The number of benzene rings is 1. The molecule has 1 aromatic carbocycles. The number of anilines is 2. The summed E-state index contributed by atoms with van der Waals surface area (Å²) >= 11 is 13.2. The van der Waals surface area contributed by atoms with Crippen LogP contribution in [0.15, 0.2) is 41.5 Å². The number of carboxylic acids is 1. The molecule has 0 radical (unpaired) electrons. The highest BCUT2D eigenvalue weighted by Gasteiger charge is 2.60. The van der Waals surface area contributed by atoms with E-state index in [1.165, 1.54) is 10.9 Å². The minimum Gasteiger partial charge on any atom is -0.479 e. The van der Waals surface area contributed by atoms with Gasteiger partial charge >= 0.3 is 30.3 Å². The van der Waals surface area contributed by atoms with Crippen molar-refractivity contribution in [1.29, 1.82) is 0 Å². The lowest BCUT2D eigenvalue weighted by molar-refractivity contribution is -0.179. The number of aliphatic hydroxyl groups is 1. The molecule has 21 nitrogen and oxygen atoms in total. The molecule has 1 unspecified atom stereocenters. The van der Waals surface area contributed by atoms with Crippen LogP contribution in [0.25, 0.3) is 11.2 Å². The van der Waals surface area contributed by atoms with Gasteiger partial charge in [-0.25, -0.2) is 33.9 Å². The molecule has 3 aromatic heterocycles. The quantitative estimate of drug-likeness (QED) is 0.0243. The van der Waals surface area contributed by atoms with E-state index in [1.54, 1.807) is 86.6 Å². The average Bonchev–Trinajstić information content (AvgIpc) is 3.95. The number of halogens is 2. The fourth-order valence-corrected chi connectivity index (χ4v) is 7.34. The molecule has 1 saturated heterocycles. The van der Waals surface area contributed by atoms with E-state index in [0.717, 1.165) is 22.2 Å². The van der Waals surface area contributed by atoms with Crippen LogP contribution in [0.5, 0.6) is 0 Å². The molecule has 5 rings (SSSR count). The topological polar surface area (TPSA) is 265 Å². The fourth-order valence-electron chi connectivity index (χ4n) is 6.43. The number of amides is 4. The first-order valence-corrected chi connectivity index (χ1v) is 22.4. The number of fused-ring (bicyclic) bond motifs is 1. The number of imide groups is 1. The number of imidazole rings is 1. The monoisotopic (exact) mass is 990 g/mol. The summed E-state index contributed by atoms with van der Waals surface area (Å²) in [6, 6.07) is 5.86. The maximum absolute atomic E-state index is 13.7. The maximum atomic E-state index is 13.7. The molecule has 24 heteroatoms. The molecule has 0 spiro atoms. The number of aromatic nitrogens is 5. The zero-order valence-electron chi connectivity index (χ0n) is 38.1. The molecule has 4 aromatic rings. The molecule has 1 fully saturated rings. The normalized spacial score (nSPS) is 19.4. The van der Waals surface area contributed by atoms with Gasteiger partial charge in [0.25, 0.3) is 0 Å². The summed E-state index contributed by atoms with van der Waals surface area (Å²) in [7, 11) is 0. The van der Waals surface area contributed by atoms with Crippen LogP contribution in [0.4, 0.5) is 30.7 Å². The van der Waals surface area contributed by atoms with E-state index in [1.807, 2.05) is 0 Å². The summed E-state index contributed by atoms with van der Waals surface area (Å²) < 4.78 is 36.0. The number of nitrogens with zero attached hydrogens (tertiary/aromatic N) is 6. The molecule has 4 amide bonds. The van der Waals surface area contributed by atoms with Gasteiger partial charge in [-0.05, 0) is 98.0 Å². The van der Waals surface area contributed by atoms with Crippen molar-refractivity contribution < 1.29 is 62.6 Å². The molecule has 0 bridgehead atoms. The first-order chi connectivity index (χ1) is 31.2. The predicted octanol–water partition coefficient (Wildman–Crippen LogP) is 7.18. The van der Waals surface area contributed by atoms with Crippen LogP contribution in [-0.2, 0) is 45.2 Å². The summed E-state index contributed by atoms with van der Waals surface area (Å²) in [4.78, 5) is 84.1. The van der Waals surface area contributed by atoms with Gasteiger partial charge in [0.15, 0.2) is 34.9 Å². The second kappa shape index (κ2) is 20.6. The van der Waals surface area contributed by atoms with Crippen molar-refractivity contribution in [2.24, 2.45) is 0 Å². The van der Waals surface area contributed by atoms with Gasteiger partial charge in [-0.3, -0.25) is 4.57 Å². The van der Waals surface area contributed by atoms with Gasteiger partial charge in [0, 0.05) is 29.9 Å². The first kappa shape index (κ1) is 52.1. The molecule has 1 aliphatic heterocycles. The Labute approximate surface area is 399 Å². The second-order valence-corrected chi connectivity index (χ2v) is 19.5. The number of aliphatic carboxylic acids is 1. The number of carbonyl (C=O) groups excluding carboxylic acids is 4. The summed E-state index contributed by atoms with van der Waals surface area (Å²) in [5.41, 5.74) is -6.36. The molecule has 4 N–H and O–H groups in total. The van der Waals surface area contributed by atoms with E-state index >= 15 is 0 Å². The largest absolute Gasteiger partial charge is 0.509 e. The van der Waals surface area contributed by atoms with Gasteiger partial charge in [0.2, 0.25) is 10.9 Å². The molecule has 362 valence electrons. The third kappa shape index (κ3) is 12.8. The molecule has 0 aliphatic carbocycles. The Balaban J connectivity index is 1.57. The number of hydrogen-bond acceptors (Lipinski definition) is 17. The van der Waals surface area contributed by atoms with Crippen LogP contribution >= 0.6 is 34.5 Å². The van der Waals surface area contributed by atoms with Crippen LogP contribution in [0.3, 0.4) is 0 Å². The standard InChI is InChI=1S/C43H52Cl2N8O13S/c1-11-42(60)27(20-61-43(33(54)55,26-21-67-23-48-26)19-24-13-15-25(16-14-24)49-35(56)46-18-12-17-44)62-32(29(42)63-38(59)66-41(8,9)10)52-22-47-28-30(52)50-34(45)51-31(28)53(36(57)64-39(2,3)4)37(58)65-40(5,6)7/h1,13-16,21-23,27,29,32,60H,12,17-20H2,2-10H3,(H,54,55)(H2,46,49,56)/t27-,29+,32-,42-,43?/m1/s1. The van der Waals surface area contributed by atoms with Gasteiger partial charge < -0.3 is 49.3 Å². The molecule has 0 saturated carbocycles. The number of urea groups is 1. The van der Waals surface area contributed by atoms with Crippen LogP contribution in [0.2, 0.25) is 5.28 Å². The lowest BCUT2D eigenvalue weighted by Crippen LogP contribution is -2.52. The molecular formula is C43H52Cl2N8O13S. The predicted molar refractivity (Wildman–Crippen MR) is 244 cm³/mol. The second-order valence-electron chi connectivity index (χ2n) is 18.0. The Kier molecular flexibility index (Phi) is 16.0. The van der Waals surface area contributed by atoms with Crippen molar-refractivity contribution in [1.82, 2.24) is 29.8 Å². The smallest absolute Gasteiger partial charge is 0.479 e. The number of nitrogens with one attached hydrogen (secondary N) is 2. The number of thiazole rings is 1. The lowest BCUT2D eigenvalue weighted by atomic mass is 9.90. The van der Waals surface area contributed by atoms with E-state index in [0.29, 0.717) is 35.0 Å². The van der Waals surface area contributed by atoms with Crippen molar-refractivity contribution >= 4 is 87.6 Å². The minimum absolute atomic E-state index is 0.00905. The minimum atomic E-state index is -2.61. The number of terminal acetylenes is 1. The summed E-state index contributed by atoms with van der Waals surface area (Å²) in [6.07, 6.45) is -1.56. The van der Waals surface area contributed by atoms with E-state index in [-0.39, 0.29) is 23.3 Å². The molecule has 1 aliphatic rings. The summed E-state index contributed by atoms with van der Waals surface area (Å²) in [6.45, 7) is 13.8. The van der Waals surface area contributed by atoms with Crippen molar-refractivity contribution in [2.75, 3.05) is 29.2 Å². The molecule has 5 atom stereocenters. The maximum Gasteiger partial charge on any atom is 0.509 e. The summed E-state index contributed by atoms with van der Waals surface area (Å²) in [5, 5.41) is 29.6. The fraction of sp³-hybridized carbons (Fsp3) is 0.512. The highest BCUT2D eigenvalue weighted by Crippen LogP contribution is 2.43. The lowest BCUT2D eigenvalue weighted by Gasteiger charge is -2.32. The van der Waals surface area contributed by atoms with E-state index in [4.69, 9.17) is 58.0 Å². The average molecular weight is 992 g/mol. The number of alkyl halides is 1. The Hall–Kier alpha value is -5.83. The molecular weight excluding hydrogens is 939 g/mol. The van der Waals surface area contributed by atoms with Crippen LogP contribution in [-0.4, -0.2) is 119 Å². The van der Waals surface area contributed by atoms with E-state index in [9.17, 15) is 34.2 Å². The number of ether oxygens (including phenoxy) is 6. The van der Waals surface area contributed by atoms with Crippen LogP contribution in [0.1, 0.15) is 86.2 Å². The van der Waals surface area contributed by atoms with Gasteiger partial charge in [-0.2, -0.15) is 14.9 Å². The van der Waals surface area contributed by atoms with Crippen LogP contribution in [0, 0.1) is 12.3 Å². The van der Waals surface area contributed by atoms with Gasteiger partial charge in [-0.1, -0.05) is 18.1 Å². The Morgan fingerprint density at radius 2 is 1.60 bits per heavy atom. The summed E-state index contributed by atoms with van der Waals surface area (Å²) in [5.74, 6) is 0.664.